The fraction of sp³-hybridized carbons (Fsp3) is 0. The molecule has 0 bridgehead atoms. The van der Waals surface area contributed by atoms with Gasteiger partial charge in [0.1, 0.15) is 16.7 Å². The topological polar surface area (TPSA) is 29.5 Å². The zero-order valence-corrected chi connectivity index (χ0v) is 25.4. The molecule has 2 aromatic heterocycles. The number of rotatable bonds is 4. The molecule has 0 amide bonds. The molecule has 3 nitrogen and oxygen atoms in total. The molecular weight excluding hydrogens is 574 g/mol. The van der Waals surface area contributed by atoms with E-state index < -0.39 is 0 Å². The lowest BCUT2D eigenvalue weighted by atomic mass is 9.98. The van der Waals surface area contributed by atoms with Gasteiger partial charge in [-0.15, -0.1) is 0 Å². The summed E-state index contributed by atoms with van der Waals surface area (Å²) in [5.41, 5.74) is 8.66. The van der Waals surface area contributed by atoms with Gasteiger partial charge in [0.05, 0.1) is 16.8 Å². The van der Waals surface area contributed by atoms with Crippen LogP contribution in [0.25, 0.3) is 76.5 Å². The standard InChI is InChI=1S/C44H27NO2/c1-2-11-28(12-3-1)34-25-26-38(42-37-16-7-9-20-41(37)47-44(34)42)45(39-18-10-17-36-35-15-6-8-19-40(35)46-43(36)39)31-23-24-33-30(27-31)22-21-29-13-4-5-14-32(29)33/h1-27H. The first kappa shape index (κ1) is 26.0. The summed E-state index contributed by atoms with van der Waals surface area (Å²) in [7, 11) is 0. The van der Waals surface area contributed by atoms with Crippen molar-refractivity contribution in [2.75, 3.05) is 4.90 Å². The normalized spacial score (nSPS) is 11.8. The number of furan rings is 2. The molecule has 8 aromatic carbocycles. The van der Waals surface area contributed by atoms with Gasteiger partial charge in [-0.25, -0.2) is 0 Å². The van der Waals surface area contributed by atoms with Crippen LogP contribution in [0.2, 0.25) is 0 Å². The van der Waals surface area contributed by atoms with Gasteiger partial charge in [-0.2, -0.15) is 0 Å². The van der Waals surface area contributed by atoms with Crippen molar-refractivity contribution in [2.45, 2.75) is 0 Å². The van der Waals surface area contributed by atoms with Gasteiger partial charge in [0, 0.05) is 27.4 Å². The summed E-state index contributed by atoms with van der Waals surface area (Å²) in [6.07, 6.45) is 0. The van der Waals surface area contributed by atoms with Crippen molar-refractivity contribution in [1.82, 2.24) is 0 Å². The summed E-state index contributed by atoms with van der Waals surface area (Å²) in [4.78, 5) is 2.35. The van der Waals surface area contributed by atoms with Gasteiger partial charge in [-0.05, 0) is 69.6 Å². The molecule has 0 saturated carbocycles. The van der Waals surface area contributed by atoms with Gasteiger partial charge in [0.25, 0.3) is 0 Å². The van der Waals surface area contributed by atoms with Crippen molar-refractivity contribution in [3.8, 4) is 11.1 Å². The number of para-hydroxylation sites is 3. The van der Waals surface area contributed by atoms with Crippen LogP contribution in [0.1, 0.15) is 0 Å². The van der Waals surface area contributed by atoms with Gasteiger partial charge >= 0.3 is 0 Å². The molecule has 0 N–H and O–H groups in total. The van der Waals surface area contributed by atoms with E-state index in [0.29, 0.717) is 0 Å². The maximum Gasteiger partial charge on any atom is 0.159 e. The summed E-state index contributed by atoms with van der Waals surface area (Å²) in [6.45, 7) is 0. The Bertz CT molecular complexity index is 2810. The molecule has 0 aliphatic heterocycles. The highest BCUT2D eigenvalue weighted by Crippen LogP contribution is 2.48. The van der Waals surface area contributed by atoms with E-state index >= 15 is 0 Å². The molecule has 0 aliphatic rings. The third-order valence-corrected chi connectivity index (χ3v) is 9.44. The molecule has 0 unspecified atom stereocenters. The van der Waals surface area contributed by atoms with E-state index in [4.69, 9.17) is 8.83 Å². The quantitative estimate of drug-likeness (QED) is 0.188. The molecule has 0 atom stereocenters. The molecule has 0 radical (unpaired) electrons. The molecule has 0 spiro atoms. The number of fused-ring (bicyclic) bond motifs is 9. The monoisotopic (exact) mass is 601 g/mol. The van der Waals surface area contributed by atoms with Crippen molar-refractivity contribution in [3.63, 3.8) is 0 Å². The molecule has 10 aromatic rings. The van der Waals surface area contributed by atoms with Crippen molar-refractivity contribution < 1.29 is 8.83 Å². The fourth-order valence-electron chi connectivity index (χ4n) is 7.30. The Morgan fingerprint density at radius 2 is 1.04 bits per heavy atom. The number of hydrogen-bond donors (Lipinski definition) is 0. The molecule has 0 saturated heterocycles. The second kappa shape index (κ2) is 10.1. The van der Waals surface area contributed by atoms with Gasteiger partial charge < -0.3 is 13.7 Å². The van der Waals surface area contributed by atoms with Crippen LogP contribution in [0, 0.1) is 0 Å². The minimum Gasteiger partial charge on any atom is -0.455 e. The maximum absolute atomic E-state index is 6.70. The summed E-state index contributed by atoms with van der Waals surface area (Å²) < 4.78 is 13.4. The third-order valence-electron chi connectivity index (χ3n) is 9.44. The first-order valence-electron chi connectivity index (χ1n) is 15.9. The molecule has 0 fully saturated rings. The second-order valence-corrected chi connectivity index (χ2v) is 12.1. The number of hydrogen-bond acceptors (Lipinski definition) is 3. The van der Waals surface area contributed by atoms with Crippen LogP contribution < -0.4 is 4.90 Å². The second-order valence-electron chi connectivity index (χ2n) is 12.1. The van der Waals surface area contributed by atoms with Gasteiger partial charge in [-0.3, -0.25) is 0 Å². The molecule has 47 heavy (non-hydrogen) atoms. The summed E-state index contributed by atoms with van der Waals surface area (Å²) in [5.74, 6) is 0. The number of anilines is 3. The minimum absolute atomic E-state index is 0.848. The Labute approximate surface area is 270 Å². The third kappa shape index (κ3) is 3.93. The summed E-state index contributed by atoms with van der Waals surface area (Å²) >= 11 is 0. The predicted octanol–water partition coefficient (Wildman–Crippen LogP) is 12.9. The smallest absolute Gasteiger partial charge is 0.159 e. The lowest BCUT2D eigenvalue weighted by Crippen LogP contribution is -2.11. The van der Waals surface area contributed by atoms with Crippen LogP contribution in [0.15, 0.2) is 173 Å². The zero-order valence-electron chi connectivity index (χ0n) is 25.4. The van der Waals surface area contributed by atoms with E-state index in [1.54, 1.807) is 0 Å². The molecule has 2 heterocycles. The van der Waals surface area contributed by atoms with Crippen LogP contribution in [-0.4, -0.2) is 0 Å². The lowest BCUT2D eigenvalue weighted by molar-refractivity contribution is 0.668. The Balaban J connectivity index is 1.32. The highest BCUT2D eigenvalue weighted by molar-refractivity contribution is 6.19. The largest absolute Gasteiger partial charge is 0.455 e. The van der Waals surface area contributed by atoms with E-state index in [1.807, 2.05) is 24.3 Å². The molecule has 0 aliphatic carbocycles. The van der Waals surface area contributed by atoms with Crippen molar-refractivity contribution in [3.05, 3.63) is 164 Å². The van der Waals surface area contributed by atoms with E-state index in [0.717, 1.165) is 72.1 Å². The molecule has 3 heteroatoms. The Hall–Kier alpha value is -6.32. The zero-order chi connectivity index (χ0) is 30.9. The minimum atomic E-state index is 0.848. The number of nitrogens with zero attached hydrogens (tertiary/aromatic N) is 1. The molecule has 220 valence electrons. The first-order chi connectivity index (χ1) is 23.3. The first-order valence-corrected chi connectivity index (χ1v) is 15.9. The van der Waals surface area contributed by atoms with Crippen molar-refractivity contribution >= 4 is 82.5 Å². The predicted molar refractivity (Wildman–Crippen MR) is 196 cm³/mol. The molecule has 10 rings (SSSR count). The molecular formula is C44H27NO2. The van der Waals surface area contributed by atoms with Crippen LogP contribution in [0.4, 0.5) is 17.1 Å². The van der Waals surface area contributed by atoms with Gasteiger partial charge in [0.2, 0.25) is 0 Å². The SMILES string of the molecule is c1ccc(-c2ccc(N(c3ccc4c(ccc5ccccc54)c3)c3cccc4c3oc3ccccc34)c3c2oc2ccccc23)cc1. The van der Waals surface area contributed by atoms with Crippen molar-refractivity contribution in [1.29, 1.82) is 0 Å². The van der Waals surface area contributed by atoms with Gasteiger partial charge in [-0.1, -0.05) is 121 Å². The Kier molecular flexibility index (Phi) is 5.57. The van der Waals surface area contributed by atoms with E-state index in [1.165, 1.54) is 21.5 Å². The Morgan fingerprint density at radius 1 is 0.383 bits per heavy atom. The summed E-state index contributed by atoms with van der Waals surface area (Å²) in [6, 6.07) is 57.7. The maximum atomic E-state index is 6.70. The van der Waals surface area contributed by atoms with Gasteiger partial charge in [0.15, 0.2) is 5.58 Å². The van der Waals surface area contributed by atoms with Crippen LogP contribution in [0.5, 0.6) is 0 Å². The van der Waals surface area contributed by atoms with E-state index in [-0.39, 0.29) is 0 Å². The number of benzene rings is 8. The van der Waals surface area contributed by atoms with E-state index in [9.17, 15) is 0 Å². The van der Waals surface area contributed by atoms with Crippen LogP contribution >= 0.6 is 0 Å². The highest BCUT2D eigenvalue weighted by Gasteiger charge is 2.25. The lowest BCUT2D eigenvalue weighted by Gasteiger charge is -2.27. The highest BCUT2D eigenvalue weighted by atomic mass is 16.3. The average Bonchev–Trinajstić information content (AvgIpc) is 3.72. The average molecular weight is 602 g/mol. The Morgan fingerprint density at radius 3 is 1.91 bits per heavy atom. The van der Waals surface area contributed by atoms with Crippen LogP contribution in [-0.2, 0) is 0 Å². The van der Waals surface area contributed by atoms with Crippen LogP contribution in [0.3, 0.4) is 0 Å². The van der Waals surface area contributed by atoms with E-state index in [2.05, 4.69) is 144 Å². The fourth-order valence-corrected chi connectivity index (χ4v) is 7.30. The summed E-state index contributed by atoms with van der Waals surface area (Å²) in [5, 5.41) is 9.22. The van der Waals surface area contributed by atoms with Crippen molar-refractivity contribution in [2.24, 2.45) is 0 Å².